The molecule has 0 saturated carbocycles. The summed E-state index contributed by atoms with van der Waals surface area (Å²) in [7, 11) is 0. The Kier molecular flexibility index (Phi) is 8.42. The molecular formula is C34H31NO2S. The molecule has 0 spiro atoms. The maximum absolute atomic E-state index is 12.8. The number of thiol groups is 1. The normalized spacial score (nSPS) is 11.7. The summed E-state index contributed by atoms with van der Waals surface area (Å²) in [5.41, 5.74) is 5.66. The second-order valence-corrected chi connectivity index (χ2v) is 9.83. The summed E-state index contributed by atoms with van der Waals surface area (Å²) in [6.07, 6.45) is 1.06. The molecule has 3 nitrogen and oxygen atoms in total. The predicted octanol–water partition coefficient (Wildman–Crippen LogP) is 7.29. The lowest BCUT2D eigenvalue weighted by molar-refractivity contribution is -0.121. The van der Waals surface area contributed by atoms with Gasteiger partial charge in [0.25, 0.3) is 0 Å². The fourth-order valence-electron chi connectivity index (χ4n) is 4.65. The van der Waals surface area contributed by atoms with Crippen LogP contribution >= 0.6 is 12.6 Å². The van der Waals surface area contributed by atoms with Crippen LogP contribution < -0.4 is 10.1 Å². The molecule has 0 heterocycles. The maximum Gasteiger partial charge on any atom is 0.224 e. The van der Waals surface area contributed by atoms with E-state index in [2.05, 4.69) is 84.7 Å². The molecule has 0 aliphatic heterocycles. The van der Waals surface area contributed by atoms with Crippen molar-refractivity contribution in [3.63, 3.8) is 0 Å². The van der Waals surface area contributed by atoms with Crippen LogP contribution in [0, 0.1) is 0 Å². The number of fused-ring (bicyclic) bond motifs is 1. The highest BCUT2D eigenvalue weighted by atomic mass is 32.1. The number of hydrogen-bond acceptors (Lipinski definition) is 3. The van der Waals surface area contributed by atoms with Crippen LogP contribution in [0.4, 0.5) is 0 Å². The Hall–Kier alpha value is -4.02. The quantitative estimate of drug-likeness (QED) is 0.191. The minimum atomic E-state index is -0.0392. The van der Waals surface area contributed by atoms with Crippen molar-refractivity contribution in [2.45, 2.75) is 25.5 Å². The molecule has 0 saturated heterocycles. The molecule has 1 N–H and O–H groups in total. The van der Waals surface area contributed by atoms with Gasteiger partial charge in [-0.3, -0.25) is 4.79 Å². The van der Waals surface area contributed by atoms with E-state index in [9.17, 15) is 4.79 Å². The van der Waals surface area contributed by atoms with Crippen molar-refractivity contribution in [3.05, 3.63) is 138 Å². The molecule has 5 aromatic rings. The van der Waals surface area contributed by atoms with Crippen LogP contribution in [0.2, 0.25) is 0 Å². The van der Waals surface area contributed by atoms with Crippen molar-refractivity contribution in [1.82, 2.24) is 5.32 Å². The molecule has 38 heavy (non-hydrogen) atoms. The van der Waals surface area contributed by atoms with E-state index in [4.69, 9.17) is 4.74 Å². The third kappa shape index (κ3) is 6.64. The third-order valence-electron chi connectivity index (χ3n) is 6.66. The van der Waals surface area contributed by atoms with Crippen LogP contribution in [0.5, 0.6) is 5.75 Å². The Morgan fingerprint density at radius 1 is 0.711 bits per heavy atom. The van der Waals surface area contributed by atoms with Gasteiger partial charge in [-0.05, 0) is 57.1 Å². The van der Waals surface area contributed by atoms with Crippen LogP contribution in [-0.4, -0.2) is 17.7 Å². The number of ether oxygens (including phenoxy) is 1. The van der Waals surface area contributed by atoms with Gasteiger partial charge in [-0.15, -0.1) is 0 Å². The van der Waals surface area contributed by atoms with Crippen molar-refractivity contribution in [2.24, 2.45) is 0 Å². The highest BCUT2D eigenvalue weighted by Crippen LogP contribution is 2.29. The van der Waals surface area contributed by atoms with E-state index in [1.165, 1.54) is 27.5 Å². The molecule has 1 atom stereocenters. The van der Waals surface area contributed by atoms with Gasteiger partial charge in [0, 0.05) is 11.8 Å². The lowest BCUT2D eigenvalue weighted by atomic mass is 9.96. The minimum absolute atomic E-state index is 0.00520. The number of carbonyl (C=O) groups is 1. The summed E-state index contributed by atoms with van der Waals surface area (Å²) in [5.74, 6) is 1.36. The summed E-state index contributed by atoms with van der Waals surface area (Å²) in [6, 6.07) is 41.2. The molecule has 0 fully saturated rings. The fourth-order valence-corrected chi connectivity index (χ4v) is 4.87. The highest BCUT2D eigenvalue weighted by molar-refractivity contribution is 7.80. The van der Waals surface area contributed by atoms with Crippen LogP contribution in [-0.2, 0) is 24.2 Å². The topological polar surface area (TPSA) is 38.3 Å². The maximum atomic E-state index is 12.8. The largest absolute Gasteiger partial charge is 0.489 e. The molecule has 0 radical (unpaired) electrons. The lowest BCUT2D eigenvalue weighted by Crippen LogP contribution is -2.38. The van der Waals surface area contributed by atoms with Gasteiger partial charge in [-0.1, -0.05) is 109 Å². The number of carbonyl (C=O) groups excluding carboxylic acids is 1. The van der Waals surface area contributed by atoms with E-state index in [-0.39, 0.29) is 11.9 Å². The van der Waals surface area contributed by atoms with Gasteiger partial charge in [0.05, 0.1) is 6.42 Å². The Labute approximate surface area is 229 Å². The summed E-state index contributed by atoms with van der Waals surface area (Å²) in [6.45, 7) is 0.521. The van der Waals surface area contributed by atoms with Crippen molar-refractivity contribution in [2.75, 3.05) is 5.75 Å². The molecule has 0 bridgehead atoms. The van der Waals surface area contributed by atoms with E-state index < -0.39 is 0 Å². The first-order valence-electron chi connectivity index (χ1n) is 12.9. The number of rotatable bonds is 10. The van der Waals surface area contributed by atoms with Gasteiger partial charge in [0.1, 0.15) is 12.4 Å². The molecule has 4 heteroatoms. The van der Waals surface area contributed by atoms with Crippen LogP contribution in [0.15, 0.2) is 121 Å². The molecule has 5 aromatic carbocycles. The Morgan fingerprint density at radius 2 is 1.39 bits per heavy atom. The van der Waals surface area contributed by atoms with Gasteiger partial charge in [-0.2, -0.15) is 12.6 Å². The van der Waals surface area contributed by atoms with Crippen LogP contribution in [0.1, 0.15) is 16.7 Å². The van der Waals surface area contributed by atoms with E-state index in [1.807, 2.05) is 54.6 Å². The molecule has 1 amide bonds. The second-order valence-electron chi connectivity index (χ2n) is 9.47. The molecule has 0 aliphatic carbocycles. The molecule has 0 aliphatic rings. The molecule has 0 unspecified atom stereocenters. The van der Waals surface area contributed by atoms with E-state index >= 15 is 0 Å². The Morgan fingerprint density at radius 3 is 2.16 bits per heavy atom. The van der Waals surface area contributed by atoms with Crippen LogP contribution in [0.3, 0.4) is 0 Å². The second kappa shape index (κ2) is 12.5. The zero-order chi connectivity index (χ0) is 26.2. The molecule has 0 aromatic heterocycles. The first-order valence-corrected chi connectivity index (χ1v) is 13.5. The minimum Gasteiger partial charge on any atom is -0.489 e. The summed E-state index contributed by atoms with van der Waals surface area (Å²) < 4.78 is 5.85. The van der Waals surface area contributed by atoms with Crippen molar-refractivity contribution >= 4 is 29.3 Å². The number of benzene rings is 5. The van der Waals surface area contributed by atoms with E-state index in [1.54, 1.807) is 0 Å². The zero-order valence-corrected chi connectivity index (χ0v) is 22.1. The average molecular weight is 518 g/mol. The standard InChI is InChI=1S/C34H31NO2S/c36-34(22-26-15-19-31(20-16-26)37-23-27-7-2-1-3-8-27)35-30(24-38)21-25-13-17-29(18-14-25)33-12-6-10-28-9-4-5-11-32(28)33/h1-20,30,38H,21-24H2,(H,35,36)/t30-/m1/s1. The fraction of sp³-hybridized carbons (Fsp3) is 0.147. The first kappa shape index (κ1) is 25.6. The average Bonchev–Trinajstić information content (AvgIpc) is 2.97. The van der Waals surface area contributed by atoms with Crippen molar-refractivity contribution in [1.29, 1.82) is 0 Å². The monoisotopic (exact) mass is 517 g/mol. The van der Waals surface area contributed by atoms with Gasteiger partial charge in [0.15, 0.2) is 0 Å². The first-order chi connectivity index (χ1) is 18.7. The van der Waals surface area contributed by atoms with Gasteiger partial charge >= 0.3 is 0 Å². The predicted molar refractivity (Wildman–Crippen MR) is 160 cm³/mol. The Bertz CT molecular complexity index is 1480. The highest BCUT2D eigenvalue weighted by Gasteiger charge is 2.13. The summed E-state index contributed by atoms with van der Waals surface area (Å²) >= 11 is 4.50. The molecule has 5 rings (SSSR count). The number of nitrogens with one attached hydrogen (secondary N) is 1. The smallest absolute Gasteiger partial charge is 0.224 e. The van der Waals surface area contributed by atoms with Crippen molar-refractivity contribution in [3.8, 4) is 16.9 Å². The van der Waals surface area contributed by atoms with Gasteiger partial charge in [-0.25, -0.2) is 0 Å². The van der Waals surface area contributed by atoms with Gasteiger partial charge < -0.3 is 10.1 Å². The van der Waals surface area contributed by atoms with Crippen molar-refractivity contribution < 1.29 is 9.53 Å². The van der Waals surface area contributed by atoms with Gasteiger partial charge in [0.2, 0.25) is 5.91 Å². The van der Waals surface area contributed by atoms with E-state index in [0.29, 0.717) is 18.8 Å². The number of amides is 1. The summed E-state index contributed by atoms with van der Waals surface area (Å²) in [4.78, 5) is 12.8. The lowest BCUT2D eigenvalue weighted by Gasteiger charge is -2.17. The SMILES string of the molecule is O=C(Cc1ccc(OCc2ccccc2)cc1)N[C@@H](CS)Cc1ccc(-c2cccc3ccccc23)cc1. The molecule has 190 valence electrons. The van der Waals surface area contributed by atoms with E-state index in [0.717, 1.165) is 23.3 Å². The van der Waals surface area contributed by atoms with Crippen LogP contribution in [0.25, 0.3) is 21.9 Å². The number of hydrogen-bond donors (Lipinski definition) is 2. The zero-order valence-electron chi connectivity index (χ0n) is 21.2. The Balaban J connectivity index is 1.15. The third-order valence-corrected chi connectivity index (χ3v) is 7.10. The molecular weight excluding hydrogens is 486 g/mol. The summed E-state index contributed by atoms with van der Waals surface area (Å²) in [5, 5.41) is 5.64.